The zero-order chi connectivity index (χ0) is 11.6. The zero-order valence-electron chi connectivity index (χ0n) is 9.49. The summed E-state index contributed by atoms with van der Waals surface area (Å²) in [7, 11) is 0. The molecule has 0 spiro atoms. The smallest absolute Gasteiger partial charge is 0.107 e. The van der Waals surface area contributed by atoms with Crippen LogP contribution in [0.4, 0.5) is 11.4 Å². The van der Waals surface area contributed by atoms with E-state index in [2.05, 4.69) is 5.32 Å². The van der Waals surface area contributed by atoms with Crippen LogP contribution < -0.4 is 11.1 Å². The van der Waals surface area contributed by atoms with Crippen LogP contribution in [0.5, 0.6) is 0 Å². The highest BCUT2D eigenvalue weighted by molar-refractivity contribution is 5.62. The predicted octanol–water partition coefficient (Wildman–Crippen LogP) is 1.14. The molecule has 2 rings (SSSR count). The lowest BCUT2D eigenvalue weighted by Crippen LogP contribution is -2.37. The molecule has 4 N–H and O–H groups in total. The Morgan fingerprint density at radius 3 is 3.06 bits per heavy atom. The minimum absolute atomic E-state index is 0.404. The third kappa shape index (κ3) is 2.28. The van der Waals surface area contributed by atoms with E-state index in [-0.39, 0.29) is 0 Å². The van der Waals surface area contributed by atoms with Gasteiger partial charge in [-0.1, -0.05) is 6.07 Å². The van der Waals surface area contributed by atoms with Crippen molar-refractivity contribution >= 4 is 11.4 Å². The Balaban J connectivity index is 2.02. The second kappa shape index (κ2) is 4.31. The fourth-order valence-corrected chi connectivity index (χ4v) is 1.84. The molecule has 1 fully saturated rings. The number of nitrogens with two attached hydrogens (primary N) is 1. The number of benzene rings is 1. The highest BCUT2D eigenvalue weighted by Crippen LogP contribution is 2.23. The van der Waals surface area contributed by atoms with Crippen molar-refractivity contribution in [2.24, 2.45) is 0 Å². The Bertz CT molecular complexity index is 373. The van der Waals surface area contributed by atoms with Crippen molar-refractivity contribution in [2.45, 2.75) is 18.9 Å². The van der Waals surface area contributed by atoms with Crippen LogP contribution in [0.1, 0.15) is 12.0 Å². The molecule has 0 amide bonds. The lowest BCUT2D eigenvalue weighted by Gasteiger charge is -2.22. The van der Waals surface area contributed by atoms with E-state index < -0.39 is 5.60 Å². The molecule has 4 nitrogen and oxygen atoms in total. The van der Waals surface area contributed by atoms with Crippen molar-refractivity contribution in [3.63, 3.8) is 0 Å². The molecule has 1 aliphatic rings. The molecular weight excluding hydrogens is 204 g/mol. The Hall–Kier alpha value is -1.26. The predicted molar refractivity (Wildman–Crippen MR) is 64.5 cm³/mol. The largest absolute Gasteiger partial charge is 0.398 e. The summed E-state index contributed by atoms with van der Waals surface area (Å²) >= 11 is 0. The van der Waals surface area contributed by atoms with Crippen LogP contribution in [0.2, 0.25) is 0 Å². The van der Waals surface area contributed by atoms with Crippen molar-refractivity contribution in [3.05, 3.63) is 23.8 Å². The number of anilines is 2. The summed E-state index contributed by atoms with van der Waals surface area (Å²) in [6.07, 6.45) is 0.682. The van der Waals surface area contributed by atoms with Gasteiger partial charge in [-0.05, 0) is 24.6 Å². The van der Waals surface area contributed by atoms with Gasteiger partial charge in [0.25, 0.3) is 0 Å². The van der Waals surface area contributed by atoms with Crippen LogP contribution in [0.15, 0.2) is 18.2 Å². The molecule has 1 aliphatic heterocycles. The van der Waals surface area contributed by atoms with Gasteiger partial charge in [-0.3, -0.25) is 0 Å². The number of hydrogen-bond donors (Lipinski definition) is 3. The summed E-state index contributed by atoms with van der Waals surface area (Å²) in [4.78, 5) is 0. The molecule has 0 aromatic heterocycles. The molecule has 0 bridgehead atoms. The highest BCUT2D eigenvalue weighted by Gasteiger charge is 2.31. The summed E-state index contributed by atoms with van der Waals surface area (Å²) in [5.74, 6) is 0. The Kier molecular flexibility index (Phi) is 3.03. The monoisotopic (exact) mass is 222 g/mol. The van der Waals surface area contributed by atoms with Gasteiger partial charge in [0.1, 0.15) is 5.60 Å². The van der Waals surface area contributed by atoms with Crippen LogP contribution in [0.25, 0.3) is 0 Å². The molecule has 1 aromatic rings. The van der Waals surface area contributed by atoms with Crippen molar-refractivity contribution in [1.82, 2.24) is 0 Å². The van der Waals surface area contributed by atoms with Gasteiger partial charge in [0, 0.05) is 30.9 Å². The van der Waals surface area contributed by atoms with E-state index in [1.165, 1.54) is 0 Å². The maximum Gasteiger partial charge on any atom is 0.107 e. The summed E-state index contributed by atoms with van der Waals surface area (Å²) in [6, 6.07) is 5.73. The van der Waals surface area contributed by atoms with Crippen LogP contribution in [-0.4, -0.2) is 30.5 Å². The van der Waals surface area contributed by atoms with E-state index in [4.69, 9.17) is 10.5 Å². The van der Waals surface area contributed by atoms with Gasteiger partial charge in [0.05, 0.1) is 6.61 Å². The maximum atomic E-state index is 10.1. The molecule has 4 heteroatoms. The quantitative estimate of drug-likeness (QED) is 0.671. The van der Waals surface area contributed by atoms with Crippen LogP contribution in [0, 0.1) is 6.92 Å². The summed E-state index contributed by atoms with van der Waals surface area (Å²) < 4.78 is 5.19. The number of aliphatic hydroxyl groups is 1. The second-order valence-corrected chi connectivity index (χ2v) is 4.40. The number of ether oxygens (including phenoxy) is 1. The molecule has 88 valence electrons. The highest BCUT2D eigenvalue weighted by atomic mass is 16.5. The fourth-order valence-electron chi connectivity index (χ4n) is 1.84. The van der Waals surface area contributed by atoms with E-state index in [1.54, 1.807) is 0 Å². The zero-order valence-corrected chi connectivity index (χ0v) is 9.49. The molecule has 0 saturated carbocycles. The average molecular weight is 222 g/mol. The molecule has 1 heterocycles. The van der Waals surface area contributed by atoms with Gasteiger partial charge in [-0.2, -0.15) is 0 Å². The molecule has 1 unspecified atom stereocenters. The molecule has 0 radical (unpaired) electrons. The van der Waals surface area contributed by atoms with E-state index >= 15 is 0 Å². The number of rotatable bonds is 3. The molecular formula is C12H18N2O2. The number of nitrogen functional groups attached to an aromatic ring is 1. The first-order valence-electron chi connectivity index (χ1n) is 5.50. The van der Waals surface area contributed by atoms with Gasteiger partial charge < -0.3 is 20.9 Å². The minimum atomic E-state index is -0.739. The van der Waals surface area contributed by atoms with Crippen LogP contribution in [-0.2, 0) is 4.74 Å². The Morgan fingerprint density at radius 1 is 1.56 bits per heavy atom. The van der Waals surface area contributed by atoms with E-state index in [0.29, 0.717) is 26.2 Å². The van der Waals surface area contributed by atoms with Crippen molar-refractivity contribution in [3.8, 4) is 0 Å². The minimum Gasteiger partial charge on any atom is -0.398 e. The lowest BCUT2D eigenvalue weighted by atomic mass is 10.0. The van der Waals surface area contributed by atoms with Crippen LogP contribution >= 0.6 is 0 Å². The van der Waals surface area contributed by atoms with Crippen LogP contribution in [0.3, 0.4) is 0 Å². The topological polar surface area (TPSA) is 67.5 Å². The van der Waals surface area contributed by atoms with Gasteiger partial charge in [0.2, 0.25) is 0 Å². The van der Waals surface area contributed by atoms with Gasteiger partial charge in [-0.25, -0.2) is 0 Å². The molecule has 1 atom stereocenters. The van der Waals surface area contributed by atoms with E-state index in [1.807, 2.05) is 25.1 Å². The summed E-state index contributed by atoms with van der Waals surface area (Å²) in [6.45, 7) is 3.50. The molecule has 1 saturated heterocycles. The summed E-state index contributed by atoms with van der Waals surface area (Å²) in [5, 5.41) is 13.3. The third-order valence-electron chi connectivity index (χ3n) is 3.07. The Labute approximate surface area is 95.4 Å². The van der Waals surface area contributed by atoms with Gasteiger partial charge in [0.15, 0.2) is 0 Å². The van der Waals surface area contributed by atoms with Crippen molar-refractivity contribution < 1.29 is 9.84 Å². The van der Waals surface area contributed by atoms with Crippen molar-refractivity contribution in [1.29, 1.82) is 0 Å². The molecule has 1 aromatic carbocycles. The Morgan fingerprint density at radius 2 is 2.38 bits per heavy atom. The van der Waals surface area contributed by atoms with E-state index in [0.717, 1.165) is 16.9 Å². The first-order chi connectivity index (χ1) is 7.61. The maximum absolute atomic E-state index is 10.1. The molecule has 0 aliphatic carbocycles. The third-order valence-corrected chi connectivity index (χ3v) is 3.07. The standard InChI is InChI=1S/C12H18N2O2/c1-9-10(13)3-2-4-11(9)14-7-12(15)5-6-16-8-12/h2-4,14-15H,5-8,13H2,1H3. The first kappa shape index (κ1) is 11.2. The normalized spacial score (nSPS) is 24.6. The lowest BCUT2D eigenvalue weighted by molar-refractivity contribution is 0.0382. The second-order valence-electron chi connectivity index (χ2n) is 4.40. The number of nitrogens with one attached hydrogen (secondary N) is 1. The molecule has 16 heavy (non-hydrogen) atoms. The van der Waals surface area contributed by atoms with E-state index in [9.17, 15) is 5.11 Å². The fraction of sp³-hybridized carbons (Fsp3) is 0.500. The first-order valence-corrected chi connectivity index (χ1v) is 5.50. The SMILES string of the molecule is Cc1c(N)cccc1NCC1(O)CCOC1. The summed E-state index contributed by atoms with van der Waals surface area (Å²) in [5.41, 5.74) is 7.83. The van der Waals surface area contributed by atoms with Gasteiger partial charge >= 0.3 is 0 Å². The van der Waals surface area contributed by atoms with Gasteiger partial charge in [-0.15, -0.1) is 0 Å². The van der Waals surface area contributed by atoms with Crippen molar-refractivity contribution in [2.75, 3.05) is 30.8 Å². The average Bonchev–Trinajstić information content (AvgIpc) is 2.68. The number of hydrogen-bond acceptors (Lipinski definition) is 4.